The van der Waals surface area contributed by atoms with Gasteiger partial charge in [-0.15, -0.1) is 11.3 Å². The molecule has 0 aliphatic heterocycles. The van der Waals surface area contributed by atoms with Crippen molar-refractivity contribution >= 4 is 33.1 Å². The number of halogens is 1. The van der Waals surface area contributed by atoms with Crippen molar-refractivity contribution in [1.29, 1.82) is 0 Å². The fraction of sp³-hybridized carbons (Fsp3) is 0.0476. The number of thiazole rings is 1. The van der Waals surface area contributed by atoms with Gasteiger partial charge in [-0.25, -0.2) is 9.37 Å². The molecule has 0 bridgehead atoms. The van der Waals surface area contributed by atoms with E-state index in [-0.39, 0.29) is 18.1 Å². The van der Waals surface area contributed by atoms with Gasteiger partial charge in [0.2, 0.25) is 5.91 Å². The molecular weight excluding hydrogens is 347 g/mol. The van der Waals surface area contributed by atoms with Crippen LogP contribution in [-0.2, 0) is 11.2 Å². The van der Waals surface area contributed by atoms with Crippen LogP contribution in [0.25, 0.3) is 22.0 Å². The van der Waals surface area contributed by atoms with Crippen molar-refractivity contribution in [1.82, 2.24) is 4.98 Å². The second-order valence-electron chi connectivity index (χ2n) is 5.91. The average molecular weight is 362 g/mol. The van der Waals surface area contributed by atoms with Gasteiger partial charge in [0.25, 0.3) is 0 Å². The largest absolute Gasteiger partial charge is 0.302 e. The Bertz CT molecular complexity index is 1070. The third-order valence-electron chi connectivity index (χ3n) is 4.12. The number of rotatable bonds is 4. The summed E-state index contributed by atoms with van der Waals surface area (Å²) in [4.78, 5) is 16.8. The van der Waals surface area contributed by atoms with Crippen LogP contribution in [0.1, 0.15) is 5.56 Å². The van der Waals surface area contributed by atoms with Crippen molar-refractivity contribution in [3.63, 3.8) is 0 Å². The second-order valence-corrected chi connectivity index (χ2v) is 6.77. The van der Waals surface area contributed by atoms with Crippen molar-refractivity contribution in [3.8, 4) is 11.3 Å². The molecule has 128 valence electrons. The highest BCUT2D eigenvalue weighted by molar-refractivity contribution is 7.14. The van der Waals surface area contributed by atoms with Crippen molar-refractivity contribution in [2.24, 2.45) is 0 Å². The van der Waals surface area contributed by atoms with E-state index >= 15 is 0 Å². The lowest BCUT2D eigenvalue weighted by Crippen LogP contribution is -2.14. The predicted octanol–water partition coefficient (Wildman–Crippen LogP) is 5.28. The van der Waals surface area contributed by atoms with Crippen LogP contribution in [-0.4, -0.2) is 10.9 Å². The van der Waals surface area contributed by atoms with E-state index in [1.54, 1.807) is 12.1 Å². The van der Waals surface area contributed by atoms with Crippen molar-refractivity contribution < 1.29 is 9.18 Å². The summed E-state index contributed by atoms with van der Waals surface area (Å²) in [6.45, 7) is 0. The molecule has 1 aromatic heterocycles. The molecule has 0 spiro atoms. The Morgan fingerprint density at radius 2 is 1.77 bits per heavy atom. The van der Waals surface area contributed by atoms with Gasteiger partial charge in [0.15, 0.2) is 5.13 Å². The van der Waals surface area contributed by atoms with E-state index in [0.717, 1.165) is 27.6 Å². The zero-order chi connectivity index (χ0) is 17.9. The normalized spacial score (nSPS) is 10.8. The lowest BCUT2D eigenvalue weighted by molar-refractivity contribution is -0.115. The van der Waals surface area contributed by atoms with Gasteiger partial charge in [0.05, 0.1) is 12.1 Å². The summed E-state index contributed by atoms with van der Waals surface area (Å²) < 4.78 is 13.0. The molecule has 0 unspecified atom stereocenters. The Labute approximate surface area is 154 Å². The van der Waals surface area contributed by atoms with E-state index in [1.165, 1.54) is 23.5 Å². The van der Waals surface area contributed by atoms with Crippen molar-refractivity contribution in [3.05, 3.63) is 83.5 Å². The summed E-state index contributed by atoms with van der Waals surface area (Å²) in [5, 5.41) is 7.43. The molecule has 0 saturated carbocycles. The standard InChI is InChI=1S/C21H15FN2OS/c22-17-10-8-15(9-11-17)19-13-26-21(23-19)24-20(25)12-16-6-3-5-14-4-1-2-7-18(14)16/h1-11,13H,12H2,(H,23,24,25). The molecule has 5 heteroatoms. The van der Waals surface area contributed by atoms with Gasteiger partial charge >= 0.3 is 0 Å². The zero-order valence-corrected chi connectivity index (χ0v) is 14.6. The molecule has 1 amide bonds. The average Bonchev–Trinajstić information content (AvgIpc) is 3.11. The molecule has 0 radical (unpaired) electrons. The number of hydrogen-bond acceptors (Lipinski definition) is 3. The fourth-order valence-corrected chi connectivity index (χ4v) is 3.60. The van der Waals surface area contributed by atoms with Crippen LogP contribution in [0.2, 0.25) is 0 Å². The SMILES string of the molecule is O=C(Cc1cccc2ccccc12)Nc1nc(-c2ccc(F)cc2)cs1. The van der Waals surface area contributed by atoms with E-state index in [2.05, 4.69) is 10.3 Å². The summed E-state index contributed by atoms with van der Waals surface area (Å²) in [7, 11) is 0. The number of fused-ring (bicyclic) bond motifs is 1. The highest BCUT2D eigenvalue weighted by Gasteiger charge is 2.10. The monoisotopic (exact) mass is 362 g/mol. The van der Waals surface area contributed by atoms with E-state index in [0.29, 0.717) is 5.13 Å². The lowest BCUT2D eigenvalue weighted by atomic mass is 10.0. The quantitative estimate of drug-likeness (QED) is 0.536. The molecule has 3 aromatic carbocycles. The second kappa shape index (κ2) is 7.06. The molecule has 0 aliphatic carbocycles. The third kappa shape index (κ3) is 3.48. The highest BCUT2D eigenvalue weighted by Crippen LogP contribution is 2.25. The number of nitrogens with one attached hydrogen (secondary N) is 1. The van der Waals surface area contributed by atoms with Crippen LogP contribution in [0.15, 0.2) is 72.1 Å². The first kappa shape index (κ1) is 16.4. The van der Waals surface area contributed by atoms with E-state index in [1.807, 2.05) is 47.8 Å². The number of anilines is 1. The Balaban J connectivity index is 1.49. The van der Waals surface area contributed by atoms with Crippen LogP contribution in [0, 0.1) is 5.82 Å². The third-order valence-corrected chi connectivity index (χ3v) is 4.88. The molecule has 1 heterocycles. The number of aromatic nitrogens is 1. The Kier molecular flexibility index (Phi) is 4.46. The van der Waals surface area contributed by atoms with Crippen LogP contribution < -0.4 is 5.32 Å². The molecule has 4 rings (SSSR count). The molecule has 0 aliphatic rings. The first-order chi connectivity index (χ1) is 12.7. The van der Waals surface area contributed by atoms with Crippen molar-refractivity contribution in [2.45, 2.75) is 6.42 Å². The zero-order valence-electron chi connectivity index (χ0n) is 13.8. The van der Waals surface area contributed by atoms with Crippen LogP contribution in [0.3, 0.4) is 0 Å². The molecule has 0 atom stereocenters. The van der Waals surface area contributed by atoms with Gasteiger partial charge in [0, 0.05) is 10.9 Å². The molecule has 26 heavy (non-hydrogen) atoms. The number of amides is 1. The minimum Gasteiger partial charge on any atom is -0.302 e. The summed E-state index contributed by atoms with van der Waals surface area (Å²) in [6.07, 6.45) is 0.285. The van der Waals surface area contributed by atoms with Crippen molar-refractivity contribution in [2.75, 3.05) is 5.32 Å². The first-order valence-electron chi connectivity index (χ1n) is 8.17. The maximum absolute atomic E-state index is 13.0. The first-order valence-corrected chi connectivity index (χ1v) is 9.05. The summed E-state index contributed by atoms with van der Waals surface area (Å²) in [5.41, 5.74) is 2.52. The van der Waals surface area contributed by atoms with Crippen LogP contribution >= 0.6 is 11.3 Å². The number of nitrogens with zero attached hydrogens (tertiary/aromatic N) is 1. The maximum Gasteiger partial charge on any atom is 0.230 e. The number of carbonyl (C=O) groups is 1. The minimum atomic E-state index is -0.285. The Morgan fingerprint density at radius 1 is 1.00 bits per heavy atom. The molecule has 0 fully saturated rings. The topological polar surface area (TPSA) is 42.0 Å². The molecule has 1 N–H and O–H groups in total. The van der Waals surface area contributed by atoms with Crippen LogP contribution in [0.4, 0.5) is 9.52 Å². The fourth-order valence-electron chi connectivity index (χ4n) is 2.87. The minimum absolute atomic E-state index is 0.110. The van der Waals surface area contributed by atoms with E-state index < -0.39 is 0 Å². The van der Waals surface area contributed by atoms with E-state index in [9.17, 15) is 9.18 Å². The summed E-state index contributed by atoms with van der Waals surface area (Å²) in [5.74, 6) is -0.394. The van der Waals surface area contributed by atoms with Gasteiger partial charge < -0.3 is 5.32 Å². The molecule has 0 saturated heterocycles. The Morgan fingerprint density at radius 3 is 2.62 bits per heavy atom. The predicted molar refractivity (Wildman–Crippen MR) is 104 cm³/mol. The van der Waals surface area contributed by atoms with Gasteiger partial charge in [-0.05, 0) is 40.6 Å². The smallest absolute Gasteiger partial charge is 0.230 e. The highest BCUT2D eigenvalue weighted by atomic mass is 32.1. The Hall–Kier alpha value is -3.05. The lowest BCUT2D eigenvalue weighted by Gasteiger charge is -2.06. The van der Waals surface area contributed by atoms with Crippen LogP contribution in [0.5, 0.6) is 0 Å². The van der Waals surface area contributed by atoms with Gasteiger partial charge in [0.1, 0.15) is 5.82 Å². The van der Waals surface area contributed by atoms with Gasteiger partial charge in [-0.1, -0.05) is 42.5 Å². The number of hydrogen-bond donors (Lipinski definition) is 1. The summed E-state index contributed by atoms with van der Waals surface area (Å²) >= 11 is 1.35. The number of benzene rings is 3. The van der Waals surface area contributed by atoms with Gasteiger partial charge in [-0.3, -0.25) is 4.79 Å². The molecular formula is C21H15FN2OS. The molecule has 3 nitrogen and oxygen atoms in total. The molecule has 4 aromatic rings. The van der Waals surface area contributed by atoms with Gasteiger partial charge in [-0.2, -0.15) is 0 Å². The van der Waals surface area contributed by atoms with E-state index in [4.69, 9.17) is 0 Å². The maximum atomic E-state index is 13.0. The number of carbonyl (C=O) groups excluding carboxylic acids is 1. The summed E-state index contributed by atoms with van der Waals surface area (Å²) in [6, 6.07) is 20.1.